The molecule has 1 aliphatic carbocycles. The summed E-state index contributed by atoms with van der Waals surface area (Å²) in [7, 11) is 2.65. The van der Waals surface area contributed by atoms with Crippen molar-refractivity contribution >= 4 is 40.8 Å². The Labute approximate surface area is 341 Å². The second-order valence-electron chi connectivity index (χ2n) is 16.2. The Bertz CT molecular complexity index is 2260. The second kappa shape index (κ2) is 14.5. The van der Waals surface area contributed by atoms with Gasteiger partial charge >= 0.3 is 11.9 Å². The average Bonchev–Trinajstić information content (AvgIpc) is 3.79. The van der Waals surface area contributed by atoms with E-state index in [0.717, 1.165) is 42.5 Å². The number of carbonyl (C=O) groups excluding carboxylic acids is 2. The zero-order valence-corrected chi connectivity index (χ0v) is 34.3. The topological polar surface area (TPSA) is 88.5 Å². The Hall–Kier alpha value is -5.27. The summed E-state index contributed by atoms with van der Waals surface area (Å²) >= 11 is 0. The highest BCUT2D eigenvalue weighted by Crippen LogP contribution is 2.67. The summed E-state index contributed by atoms with van der Waals surface area (Å²) in [6.07, 6.45) is 4.94. The van der Waals surface area contributed by atoms with Crippen LogP contribution in [0, 0.1) is 5.41 Å². The van der Waals surface area contributed by atoms with Gasteiger partial charge in [-0.05, 0) is 85.1 Å². The smallest absolute Gasteiger partial charge is 0.344 e. The van der Waals surface area contributed by atoms with Crippen LogP contribution >= 0.6 is 7.26 Å². The van der Waals surface area contributed by atoms with Crippen molar-refractivity contribution in [1.29, 1.82) is 0 Å². The maximum Gasteiger partial charge on any atom is 0.344 e. The molecule has 0 radical (unpaired) electrons. The van der Waals surface area contributed by atoms with Gasteiger partial charge in [-0.25, -0.2) is 9.59 Å². The summed E-state index contributed by atoms with van der Waals surface area (Å²) in [4.78, 5) is 33.4. The van der Waals surface area contributed by atoms with Crippen LogP contribution in [-0.4, -0.2) is 80.1 Å². The van der Waals surface area contributed by atoms with Gasteiger partial charge in [-0.2, -0.15) is 0 Å². The van der Waals surface area contributed by atoms with E-state index in [-0.39, 0.29) is 6.04 Å². The van der Waals surface area contributed by atoms with Crippen molar-refractivity contribution in [1.82, 2.24) is 4.90 Å². The van der Waals surface area contributed by atoms with Gasteiger partial charge in [0.05, 0.1) is 32.0 Å². The van der Waals surface area contributed by atoms with Crippen LogP contribution in [0.4, 0.5) is 5.69 Å². The summed E-state index contributed by atoms with van der Waals surface area (Å²) in [6, 6.07) is 44.9. The zero-order valence-electron chi connectivity index (χ0n) is 33.5. The van der Waals surface area contributed by atoms with E-state index in [1.165, 1.54) is 23.0 Å². The van der Waals surface area contributed by atoms with E-state index in [0.29, 0.717) is 17.7 Å². The van der Waals surface area contributed by atoms with Crippen molar-refractivity contribution in [3.8, 4) is 5.75 Å². The lowest BCUT2D eigenvalue weighted by Gasteiger charge is -2.63. The number of likely N-dealkylation sites (N-methyl/N-ethyl adjacent to an activating group) is 1. The van der Waals surface area contributed by atoms with Gasteiger partial charge in [0.25, 0.3) is 0 Å². The molecule has 3 heterocycles. The molecule has 3 aliphatic heterocycles. The van der Waals surface area contributed by atoms with Gasteiger partial charge in [-0.3, -0.25) is 4.90 Å². The van der Waals surface area contributed by atoms with Gasteiger partial charge in [0, 0.05) is 42.2 Å². The summed E-state index contributed by atoms with van der Waals surface area (Å²) in [5.74, 6) is -0.731. The molecule has 1 N–H and O–H groups in total. The van der Waals surface area contributed by atoms with Crippen molar-refractivity contribution in [2.24, 2.45) is 5.41 Å². The fourth-order valence-corrected chi connectivity index (χ4v) is 15.7. The molecule has 9 rings (SSSR count). The van der Waals surface area contributed by atoms with Crippen molar-refractivity contribution < 1.29 is 28.9 Å². The number of rotatable bonds is 10. The minimum atomic E-state index is -2.22. The predicted octanol–water partition coefficient (Wildman–Crippen LogP) is 6.43. The molecule has 58 heavy (non-hydrogen) atoms. The third-order valence-electron chi connectivity index (χ3n) is 13.8. The Morgan fingerprint density at radius 3 is 1.97 bits per heavy atom. The first-order valence-corrected chi connectivity index (χ1v) is 22.1. The average molecular weight is 794 g/mol. The molecular formula is C49H50N2O6P+. The van der Waals surface area contributed by atoms with Gasteiger partial charge in [0.15, 0.2) is 6.10 Å². The van der Waals surface area contributed by atoms with Gasteiger partial charge in [0.2, 0.25) is 5.60 Å². The van der Waals surface area contributed by atoms with E-state index in [1.807, 2.05) is 48.3 Å². The standard InChI is InChI=1S/C49H50N2O6P/c1-5-47-28-15-30-51-31-29-48(43(47)51)40-27-26-36(55-3)32-41(40)50(2)44(48)49(54,46(53)56-4)45(47)57-42(52)35-24-22-34(23-25-35)33-58(37-16-9-6-10-17-37,38-18-11-7-12-19-38)39-20-13-8-14-21-39/h6-28,32,43-45,54H,5,29-31,33H2,1-4H3/q+1/t43-,44+,45+,47+,48+,49-/m0/s1. The molecule has 1 spiro atoms. The Morgan fingerprint density at radius 1 is 0.810 bits per heavy atom. The monoisotopic (exact) mass is 793 g/mol. The fraction of sp³-hybridized carbons (Fsp3) is 0.306. The van der Waals surface area contributed by atoms with Crippen LogP contribution in [0.25, 0.3) is 0 Å². The molecule has 1 saturated heterocycles. The molecular weight excluding hydrogens is 744 g/mol. The third kappa shape index (κ3) is 5.38. The van der Waals surface area contributed by atoms with Crippen LogP contribution in [0.15, 0.2) is 146 Å². The normalized spacial score (nSPS) is 27.0. The van der Waals surface area contributed by atoms with Gasteiger partial charge in [0.1, 0.15) is 28.9 Å². The highest BCUT2D eigenvalue weighted by Gasteiger charge is 2.80. The Kier molecular flexibility index (Phi) is 9.58. The van der Waals surface area contributed by atoms with Crippen molar-refractivity contribution in [2.45, 2.75) is 55.1 Å². The molecule has 0 aromatic heterocycles. The molecule has 0 unspecified atom stereocenters. The molecule has 1 saturated carbocycles. The number of carbonyl (C=O) groups is 2. The number of hydrogen-bond acceptors (Lipinski definition) is 8. The Balaban J connectivity index is 1.11. The SMILES string of the molecule is CC[C@]12C=CCN3CC[C@@]4(c5ccc(OC)cc5N(C)[C@H]4[C@@](O)(C(=O)OC)[C@@H]1OC(=O)c1ccc(C[P+](c4ccccc4)(c4ccccc4)c4ccccc4)cc1)[C@@H]32. The molecule has 8 nitrogen and oxygen atoms in total. The molecule has 2 fully saturated rings. The summed E-state index contributed by atoms with van der Waals surface area (Å²) in [5, 5.41) is 17.1. The maximum atomic E-state index is 14.6. The van der Waals surface area contributed by atoms with Crippen molar-refractivity contribution in [3.05, 3.63) is 162 Å². The molecule has 6 atom stereocenters. The van der Waals surface area contributed by atoms with E-state index in [9.17, 15) is 14.7 Å². The second-order valence-corrected chi connectivity index (χ2v) is 19.7. The number of methoxy groups -OCH3 is 2. The molecule has 5 aromatic rings. The first kappa shape index (κ1) is 38.3. The van der Waals surface area contributed by atoms with E-state index in [2.05, 4.69) is 121 Å². The number of aliphatic hydroxyl groups is 1. The van der Waals surface area contributed by atoms with Crippen LogP contribution in [0.3, 0.4) is 0 Å². The molecule has 9 heteroatoms. The maximum absolute atomic E-state index is 14.6. The lowest BCUT2D eigenvalue weighted by molar-refractivity contribution is -0.218. The number of nitrogens with zero attached hydrogens (tertiary/aromatic N) is 2. The van der Waals surface area contributed by atoms with Crippen LogP contribution < -0.4 is 25.6 Å². The highest BCUT2D eigenvalue weighted by atomic mass is 31.2. The number of ether oxygens (including phenoxy) is 3. The lowest BCUT2D eigenvalue weighted by Crippen LogP contribution is -2.81. The molecule has 0 bridgehead atoms. The first-order valence-electron chi connectivity index (χ1n) is 20.2. The lowest BCUT2D eigenvalue weighted by atomic mass is 9.47. The summed E-state index contributed by atoms with van der Waals surface area (Å²) in [6.45, 7) is 3.56. The molecule has 5 aromatic carbocycles. The van der Waals surface area contributed by atoms with E-state index in [1.54, 1.807) is 7.11 Å². The van der Waals surface area contributed by atoms with E-state index < -0.39 is 47.8 Å². The number of anilines is 1. The van der Waals surface area contributed by atoms with Crippen molar-refractivity contribution in [3.63, 3.8) is 0 Å². The zero-order chi connectivity index (χ0) is 40.3. The van der Waals surface area contributed by atoms with Crippen LogP contribution in [0.5, 0.6) is 5.75 Å². The molecule has 296 valence electrons. The number of esters is 2. The number of hydrogen-bond donors (Lipinski definition) is 1. The minimum Gasteiger partial charge on any atom is -0.497 e. The molecule has 0 amide bonds. The summed E-state index contributed by atoms with van der Waals surface area (Å²) < 4.78 is 17.8. The number of benzene rings is 5. The predicted molar refractivity (Wildman–Crippen MR) is 230 cm³/mol. The van der Waals surface area contributed by atoms with Crippen LogP contribution in [-0.2, 0) is 25.8 Å². The van der Waals surface area contributed by atoms with E-state index >= 15 is 0 Å². The first-order chi connectivity index (χ1) is 28.2. The van der Waals surface area contributed by atoms with Crippen LogP contribution in [0.2, 0.25) is 0 Å². The quantitative estimate of drug-likeness (QED) is 0.0985. The summed E-state index contributed by atoms with van der Waals surface area (Å²) in [5.41, 5.74) is -0.412. The van der Waals surface area contributed by atoms with Crippen molar-refractivity contribution in [2.75, 3.05) is 39.3 Å². The van der Waals surface area contributed by atoms with Gasteiger partial charge in [-0.15, -0.1) is 0 Å². The third-order valence-corrected chi connectivity index (χ3v) is 18.1. The largest absolute Gasteiger partial charge is 0.497 e. The Morgan fingerprint density at radius 2 is 1.41 bits per heavy atom. The minimum absolute atomic E-state index is 0.159. The molecule has 4 aliphatic rings. The van der Waals surface area contributed by atoms with Crippen LogP contribution in [0.1, 0.15) is 41.3 Å². The highest BCUT2D eigenvalue weighted by molar-refractivity contribution is 7.95. The van der Waals surface area contributed by atoms with E-state index in [4.69, 9.17) is 14.2 Å². The number of fused-ring (bicyclic) bond motifs is 1. The van der Waals surface area contributed by atoms with Gasteiger partial charge < -0.3 is 24.2 Å². The van der Waals surface area contributed by atoms with Gasteiger partial charge in [-0.1, -0.05) is 91.9 Å². The fourth-order valence-electron chi connectivity index (χ4n) is 11.5.